The summed E-state index contributed by atoms with van der Waals surface area (Å²) in [5.41, 5.74) is 1.01. The monoisotopic (exact) mass is 282 g/mol. The Kier molecular flexibility index (Phi) is 3.67. The van der Waals surface area contributed by atoms with E-state index in [4.69, 9.17) is 16.3 Å². The molecule has 5 heteroatoms. The number of aliphatic hydroxyl groups excluding tert-OH is 1. The highest BCUT2D eigenvalue weighted by atomic mass is 35.5. The SMILES string of the molecule is CN1CCN(C2c3cccc(Cl)c3OCC2O)CC1. The van der Waals surface area contributed by atoms with Crippen LogP contribution < -0.4 is 4.74 Å². The maximum absolute atomic E-state index is 10.3. The molecule has 0 spiro atoms. The molecule has 0 amide bonds. The van der Waals surface area contributed by atoms with Crippen molar-refractivity contribution < 1.29 is 9.84 Å². The topological polar surface area (TPSA) is 35.9 Å². The summed E-state index contributed by atoms with van der Waals surface area (Å²) in [7, 11) is 2.13. The fourth-order valence-electron chi connectivity index (χ4n) is 2.92. The number of para-hydroxylation sites is 1. The van der Waals surface area contributed by atoms with Crippen LogP contribution in [0.25, 0.3) is 0 Å². The minimum atomic E-state index is -0.491. The van der Waals surface area contributed by atoms with Gasteiger partial charge in [0.2, 0.25) is 0 Å². The minimum Gasteiger partial charge on any atom is -0.489 e. The summed E-state index contributed by atoms with van der Waals surface area (Å²) in [5.74, 6) is 0.735. The van der Waals surface area contributed by atoms with E-state index < -0.39 is 6.10 Å². The number of likely N-dealkylation sites (N-methyl/N-ethyl adjacent to an activating group) is 1. The molecule has 2 aliphatic heterocycles. The molecule has 1 N–H and O–H groups in total. The molecule has 0 radical (unpaired) electrons. The van der Waals surface area contributed by atoms with E-state index in [0.29, 0.717) is 11.6 Å². The van der Waals surface area contributed by atoms with Crippen LogP contribution in [-0.2, 0) is 0 Å². The molecule has 3 rings (SSSR count). The van der Waals surface area contributed by atoms with E-state index >= 15 is 0 Å². The van der Waals surface area contributed by atoms with Gasteiger partial charge in [0.1, 0.15) is 18.5 Å². The Morgan fingerprint density at radius 3 is 2.74 bits per heavy atom. The first-order valence-corrected chi connectivity index (χ1v) is 7.06. The van der Waals surface area contributed by atoms with Crippen molar-refractivity contribution in [3.05, 3.63) is 28.8 Å². The van der Waals surface area contributed by atoms with Crippen molar-refractivity contribution in [3.63, 3.8) is 0 Å². The summed E-state index contributed by atoms with van der Waals surface area (Å²) in [6.07, 6.45) is -0.491. The van der Waals surface area contributed by atoms with Crippen LogP contribution >= 0.6 is 11.6 Å². The van der Waals surface area contributed by atoms with Gasteiger partial charge in [0, 0.05) is 31.7 Å². The van der Waals surface area contributed by atoms with Crippen molar-refractivity contribution >= 4 is 11.6 Å². The molecule has 1 saturated heterocycles. The molecule has 2 unspecified atom stereocenters. The highest BCUT2D eigenvalue weighted by molar-refractivity contribution is 6.32. The Morgan fingerprint density at radius 2 is 2.00 bits per heavy atom. The zero-order valence-corrected chi connectivity index (χ0v) is 11.8. The number of halogens is 1. The molecule has 2 atom stereocenters. The second-order valence-electron chi connectivity index (χ2n) is 5.32. The van der Waals surface area contributed by atoms with Gasteiger partial charge in [-0.25, -0.2) is 0 Å². The van der Waals surface area contributed by atoms with Crippen LogP contribution in [0.5, 0.6) is 5.75 Å². The maximum Gasteiger partial charge on any atom is 0.142 e. The number of hydrogen-bond acceptors (Lipinski definition) is 4. The Labute approximate surface area is 118 Å². The molecule has 0 bridgehead atoms. The standard InChI is InChI=1S/C14H19ClN2O2/c1-16-5-7-17(8-6-16)13-10-3-2-4-11(15)14(10)19-9-12(13)18/h2-4,12-13,18H,5-9H2,1H3. The number of nitrogens with zero attached hydrogens (tertiary/aromatic N) is 2. The van der Waals surface area contributed by atoms with Gasteiger partial charge in [-0.2, -0.15) is 0 Å². The fraction of sp³-hybridized carbons (Fsp3) is 0.571. The summed E-state index contributed by atoms with van der Waals surface area (Å²) in [6.45, 7) is 4.29. The first-order chi connectivity index (χ1) is 9.16. The molecular weight excluding hydrogens is 264 g/mol. The minimum absolute atomic E-state index is 0.00356. The Bertz CT molecular complexity index is 461. The normalized spacial score (nSPS) is 28.8. The Morgan fingerprint density at radius 1 is 1.26 bits per heavy atom. The van der Waals surface area contributed by atoms with Gasteiger partial charge >= 0.3 is 0 Å². The van der Waals surface area contributed by atoms with Gasteiger partial charge in [0.15, 0.2) is 0 Å². The average Bonchev–Trinajstić information content (AvgIpc) is 2.40. The second kappa shape index (κ2) is 5.29. The lowest BCUT2D eigenvalue weighted by atomic mass is 9.96. The summed E-state index contributed by atoms with van der Waals surface area (Å²) in [5, 5.41) is 10.9. The molecule has 104 valence electrons. The highest BCUT2D eigenvalue weighted by Crippen LogP contribution is 2.40. The predicted molar refractivity (Wildman–Crippen MR) is 74.8 cm³/mol. The summed E-state index contributed by atoms with van der Waals surface area (Å²) >= 11 is 6.18. The largest absolute Gasteiger partial charge is 0.489 e. The van der Waals surface area contributed by atoms with E-state index in [1.807, 2.05) is 18.2 Å². The van der Waals surface area contributed by atoms with Crippen molar-refractivity contribution in [3.8, 4) is 5.75 Å². The van der Waals surface area contributed by atoms with Crippen LogP contribution in [-0.4, -0.2) is 60.8 Å². The number of aliphatic hydroxyl groups is 1. The van der Waals surface area contributed by atoms with Gasteiger partial charge in [-0.05, 0) is 13.1 Å². The van der Waals surface area contributed by atoms with E-state index in [0.717, 1.165) is 37.5 Å². The van der Waals surface area contributed by atoms with Gasteiger partial charge in [0.25, 0.3) is 0 Å². The number of rotatable bonds is 1. The molecule has 0 aromatic heterocycles. The van der Waals surface area contributed by atoms with Gasteiger partial charge in [-0.1, -0.05) is 23.7 Å². The molecule has 2 heterocycles. The molecule has 0 saturated carbocycles. The summed E-state index contributed by atoms with van der Waals surface area (Å²) < 4.78 is 5.59. The Hall–Kier alpha value is -0.810. The first-order valence-electron chi connectivity index (χ1n) is 6.68. The third-order valence-corrected chi connectivity index (χ3v) is 4.31. The van der Waals surface area contributed by atoms with Crippen LogP contribution in [0, 0.1) is 0 Å². The van der Waals surface area contributed by atoms with E-state index in [1.165, 1.54) is 0 Å². The lowest BCUT2D eigenvalue weighted by molar-refractivity contribution is -0.0152. The van der Waals surface area contributed by atoms with Gasteiger partial charge < -0.3 is 14.7 Å². The number of benzene rings is 1. The van der Waals surface area contributed by atoms with Crippen molar-refractivity contribution in [2.24, 2.45) is 0 Å². The number of ether oxygens (including phenoxy) is 1. The number of fused-ring (bicyclic) bond motifs is 1. The molecule has 19 heavy (non-hydrogen) atoms. The van der Waals surface area contributed by atoms with Crippen LogP contribution in [0.15, 0.2) is 18.2 Å². The van der Waals surface area contributed by atoms with E-state index in [-0.39, 0.29) is 6.04 Å². The summed E-state index contributed by atoms with van der Waals surface area (Å²) in [4.78, 5) is 4.64. The smallest absolute Gasteiger partial charge is 0.142 e. The van der Waals surface area contributed by atoms with E-state index in [2.05, 4.69) is 16.8 Å². The second-order valence-corrected chi connectivity index (χ2v) is 5.73. The number of piperazine rings is 1. The lowest BCUT2D eigenvalue weighted by Gasteiger charge is -2.42. The van der Waals surface area contributed by atoms with Crippen molar-refractivity contribution in [1.29, 1.82) is 0 Å². The predicted octanol–water partition coefficient (Wildman–Crippen LogP) is 1.38. The molecule has 1 aromatic rings. The third kappa shape index (κ3) is 2.46. The van der Waals surface area contributed by atoms with Crippen LogP contribution in [0.2, 0.25) is 5.02 Å². The lowest BCUT2D eigenvalue weighted by Crippen LogP contribution is -2.50. The molecule has 1 aromatic carbocycles. The third-order valence-electron chi connectivity index (χ3n) is 4.01. The van der Waals surface area contributed by atoms with Gasteiger partial charge in [0.05, 0.1) is 11.1 Å². The zero-order valence-electron chi connectivity index (χ0n) is 11.1. The maximum atomic E-state index is 10.3. The van der Waals surface area contributed by atoms with Gasteiger partial charge in [-0.15, -0.1) is 0 Å². The first kappa shape index (κ1) is 13.2. The number of hydrogen-bond donors (Lipinski definition) is 1. The van der Waals surface area contributed by atoms with Crippen molar-refractivity contribution in [1.82, 2.24) is 9.80 Å². The Balaban J connectivity index is 1.91. The summed E-state index contributed by atoms with van der Waals surface area (Å²) in [6, 6.07) is 5.76. The molecule has 0 aliphatic carbocycles. The van der Waals surface area contributed by atoms with Gasteiger partial charge in [-0.3, -0.25) is 4.90 Å². The van der Waals surface area contributed by atoms with E-state index in [9.17, 15) is 5.11 Å². The molecule has 4 nitrogen and oxygen atoms in total. The molecule has 2 aliphatic rings. The van der Waals surface area contributed by atoms with Crippen LogP contribution in [0.3, 0.4) is 0 Å². The van der Waals surface area contributed by atoms with E-state index in [1.54, 1.807) is 0 Å². The zero-order chi connectivity index (χ0) is 13.4. The molecule has 1 fully saturated rings. The average molecular weight is 283 g/mol. The van der Waals surface area contributed by atoms with Crippen LogP contribution in [0.4, 0.5) is 0 Å². The fourth-order valence-corrected chi connectivity index (χ4v) is 3.15. The molecular formula is C14H19ClN2O2. The van der Waals surface area contributed by atoms with Crippen molar-refractivity contribution in [2.75, 3.05) is 39.8 Å². The van der Waals surface area contributed by atoms with Crippen LogP contribution in [0.1, 0.15) is 11.6 Å². The van der Waals surface area contributed by atoms with Crippen molar-refractivity contribution in [2.45, 2.75) is 12.1 Å². The highest BCUT2D eigenvalue weighted by Gasteiger charge is 2.36. The quantitative estimate of drug-likeness (QED) is 0.844.